The highest BCUT2D eigenvalue weighted by Crippen LogP contribution is 2.35. The number of rotatable bonds is 8. The number of benzene rings is 3. The van der Waals surface area contributed by atoms with Crippen LogP contribution in [0.3, 0.4) is 0 Å². The van der Waals surface area contributed by atoms with Crippen molar-refractivity contribution in [2.24, 2.45) is 4.99 Å². The molecule has 1 saturated heterocycles. The number of amidine groups is 1. The predicted molar refractivity (Wildman–Crippen MR) is 156 cm³/mol. The minimum Gasteiger partial charge on any atom is -0.495 e. The highest BCUT2D eigenvalue weighted by atomic mass is 32.2. The Balaban J connectivity index is 1.17. The third kappa shape index (κ3) is 7.52. The number of amides is 3. The summed E-state index contributed by atoms with van der Waals surface area (Å²) in [5.41, 5.74) is 3.51. The standard InChI is InChI=1S/C29H25F3N6O4S/c1-18-3-13-24(41-2)23(15-18)38-26(39)16-43-28(38)35-27(40)34-20-7-4-19(5-8-20)6-14-25-33-17-37(36-25)21-9-11-22(12-10-21)42-29(30,31)32/h3-5,7-13,15,17H,6,14,16H2,1-2H3,(H,34,40)/b35-28-. The monoisotopic (exact) mass is 610 g/mol. The Morgan fingerprint density at radius 1 is 1.07 bits per heavy atom. The summed E-state index contributed by atoms with van der Waals surface area (Å²) in [6.45, 7) is 1.90. The molecule has 1 aromatic heterocycles. The molecule has 10 nitrogen and oxygen atoms in total. The largest absolute Gasteiger partial charge is 0.573 e. The van der Waals surface area contributed by atoms with Gasteiger partial charge in [-0.25, -0.2) is 14.5 Å². The SMILES string of the molecule is COc1ccc(C)cc1N1C(=O)CS/C1=N\C(=O)Nc1ccc(CCc2ncn(-c3ccc(OC(F)(F)F)cc3)n2)cc1. The molecule has 1 fully saturated rings. The fourth-order valence-electron chi connectivity index (χ4n) is 4.24. The van der Waals surface area contributed by atoms with Gasteiger partial charge in [-0.05, 0) is 73.0 Å². The van der Waals surface area contributed by atoms with Crippen molar-refractivity contribution in [3.63, 3.8) is 0 Å². The molecule has 4 aromatic rings. The van der Waals surface area contributed by atoms with Crippen molar-refractivity contribution in [3.05, 3.63) is 90.0 Å². The summed E-state index contributed by atoms with van der Waals surface area (Å²) in [7, 11) is 1.51. The molecule has 5 rings (SSSR count). The van der Waals surface area contributed by atoms with E-state index in [1.54, 1.807) is 18.2 Å². The van der Waals surface area contributed by atoms with Crippen molar-refractivity contribution in [2.75, 3.05) is 23.1 Å². The number of alkyl halides is 3. The maximum atomic E-state index is 12.7. The molecule has 0 radical (unpaired) electrons. The number of aryl methyl sites for hydroxylation is 3. The number of hydrogen-bond donors (Lipinski definition) is 1. The van der Waals surface area contributed by atoms with Crippen molar-refractivity contribution < 1.29 is 32.2 Å². The number of carbonyl (C=O) groups is 2. The van der Waals surface area contributed by atoms with Crippen LogP contribution in [-0.2, 0) is 17.6 Å². The highest BCUT2D eigenvalue weighted by molar-refractivity contribution is 8.15. The summed E-state index contributed by atoms with van der Waals surface area (Å²) in [5.74, 6) is 0.704. The van der Waals surface area contributed by atoms with E-state index in [9.17, 15) is 22.8 Å². The fourth-order valence-corrected chi connectivity index (χ4v) is 5.10. The molecule has 0 atom stereocenters. The molecule has 1 aliphatic heterocycles. The molecular weight excluding hydrogens is 585 g/mol. The van der Waals surface area contributed by atoms with E-state index in [2.05, 4.69) is 25.1 Å². The zero-order valence-corrected chi connectivity index (χ0v) is 23.8. The number of thioether (sulfide) groups is 1. The number of hydrogen-bond acceptors (Lipinski definition) is 7. The molecule has 0 saturated carbocycles. The van der Waals surface area contributed by atoms with Gasteiger partial charge in [0.25, 0.3) is 0 Å². The van der Waals surface area contributed by atoms with E-state index >= 15 is 0 Å². The number of aromatic nitrogens is 3. The van der Waals surface area contributed by atoms with Gasteiger partial charge < -0.3 is 14.8 Å². The Labute approximate surface area is 248 Å². The summed E-state index contributed by atoms with van der Waals surface area (Å²) in [6, 6.07) is 17.4. The second-order valence-corrected chi connectivity index (χ2v) is 10.3. The summed E-state index contributed by atoms with van der Waals surface area (Å²) >= 11 is 1.18. The first-order valence-electron chi connectivity index (χ1n) is 12.9. The van der Waals surface area contributed by atoms with E-state index < -0.39 is 12.4 Å². The van der Waals surface area contributed by atoms with Crippen LogP contribution < -0.4 is 19.7 Å². The van der Waals surface area contributed by atoms with Crippen LogP contribution in [0.1, 0.15) is 17.0 Å². The molecule has 14 heteroatoms. The predicted octanol–water partition coefficient (Wildman–Crippen LogP) is 5.94. The molecule has 43 heavy (non-hydrogen) atoms. The second kappa shape index (κ2) is 12.6. The number of nitrogens with one attached hydrogen (secondary N) is 1. The summed E-state index contributed by atoms with van der Waals surface area (Å²) in [6.07, 6.45) is -2.13. The van der Waals surface area contributed by atoms with Gasteiger partial charge in [0.15, 0.2) is 11.0 Å². The third-order valence-corrected chi connectivity index (χ3v) is 7.18. The smallest absolute Gasteiger partial charge is 0.495 e. The molecule has 2 heterocycles. The van der Waals surface area contributed by atoms with Crippen molar-refractivity contribution >= 4 is 40.2 Å². The minimum absolute atomic E-state index is 0.161. The number of carbonyl (C=O) groups excluding carboxylic acids is 2. The third-order valence-electron chi connectivity index (χ3n) is 6.25. The number of ether oxygens (including phenoxy) is 2. The van der Waals surface area contributed by atoms with Gasteiger partial charge >= 0.3 is 12.4 Å². The Morgan fingerprint density at radius 2 is 1.81 bits per heavy atom. The highest BCUT2D eigenvalue weighted by Gasteiger charge is 2.33. The lowest BCUT2D eigenvalue weighted by Gasteiger charge is -2.19. The van der Waals surface area contributed by atoms with E-state index in [1.807, 2.05) is 31.2 Å². The van der Waals surface area contributed by atoms with Crippen molar-refractivity contribution in [1.82, 2.24) is 14.8 Å². The average molecular weight is 611 g/mol. The molecule has 0 aliphatic carbocycles. The Hall–Kier alpha value is -4.85. The summed E-state index contributed by atoms with van der Waals surface area (Å²) < 4.78 is 47.9. The van der Waals surface area contributed by atoms with Gasteiger partial charge in [0.2, 0.25) is 5.91 Å². The molecule has 0 bridgehead atoms. The molecular formula is C29H25F3N6O4S. The van der Waals surface area contributed by atoms with Crippen LogP contribution in [0.5, 0.6) is 11.5 Å². The van der Waals surface area contributed by atoms with Crippen molar-refractivity contribution in [1.29, 1.82) is 0 Å². The molecule has 1 aliphatic rings. The average Bonchev–Trinajstić information content (AvgIpc) is 3.58. The van der Waals surface area contributed by atoms with Gasteiger partial charge in [-0.1, -0.05) is 30.0 Å². The van der Waals surface area contributed by atoms with Crippen LogP contribution in [0, 0.1) is 6.92 Å². The van der Waals surface area contributed by atoms with Gasteiger partial charge in [0.05, 0.1) is 24.2 Å². The number of anilines is 2. The second-order valence-electron chi connectivity index (χ2n) is 9.36. The van der Waals surface area contributed by atoms with Gasteiger partial charge in [0.1, 0.15) is 17.8 Å². The summed E-state index contributed by atoms with van der Waals surface area (Å²) in [5, 5.41) is 7.38. The van der Waals surface area contributed by atoms with Crippen LogP contribution in [0.15, 0.2) is 78.0 Å². The lowest BCUT2D eigenvalue weighted by Crippen LogP contribution is -2.30. The van der Waals surface area contributed by atoms with Gasteiger partial charge in [-0.2, -0.15) is 10.1 Å². The molecule has 222 valence electrons. The van der Waals surface area contributed by atoms with Crippen molar-refractivity contribution in [3.8, 4) is 17.2 Å². The molecule has 3 aromatic carbocycles. The molecule has 1 N–H and O–H groups in total. The number of urea groups is 1. The molecule has 0 spiro atoms. The van der Waals surface area contributed by atoms with E-state index in [0.717, 1.165) is 11.1 Å². The first kappa shape index (κ1) is 29.6. The maximum Gasteiger partial charge on any atom is 0.573 e. The number of methoxy groups -OCH3 is 1. The Morgan fingerprint density at radius 3 is 2.51 bits per heavy atom. The number of aliphatic imine (C=N–C) groups is 1. The molecule has 3 amide bonds. The van der Waals surface area contributed by atoms with E-state index in [4.69, 9.17) is 4.74 Å². The zero-order chi connectivity index (χ0) is 30.6. The molecule has 0 unspecified atom stereocenters. The normalized spacial score (nSPS) is 14.3. The maximum absolute atomic E-state index is 12.7. The zero-order valence-electron chi connectivity index (χ0n) is 23.0. The van der Waals surface area contributed by atoms with Crippen LogP contribution in [-0.4, -0.2) is 51.1 Å². The van der Waals surface area contributed by atoms with Gasteiger partial charge in [-0.3, -0.25) is 9.69 Å². The fraction of sp³-hybridized carbons (Fsp3) is 0.207. The van der Waals surface area contributed by atoms with Crippen LogP contribution in [0.25, 0.3) is 5.69 Å². The lowest BCUT2D eigenvalue weighted by molar-refractivity contribution is -0.274. The number of halogens is 3. The van der Waals surface area contributed by atoms with Gasteiger partial charge in [-0.15, -0.1) is 13.2 Å². The first-order chi connectivity index (χ1) is 20.6. The van der Waals surface area contributed by atoms with Crippen molar-refractivity contribution in [2.45, 2.75) is 26.1 Å². The summed E-state index contributed by atoms with van der Waals surface area (Å²) in [4.78, 5) is 35.1. The topological polar surface area (TPSA) is 111 Å². The Kier molecular flexibility index (Phi) is 8.66. The minimum atomic E-state index is -4.75. The van der Waals surface area contributed by atoms with Gasteiger partial charge in [0, 0.05) is 12.1 Å². The van der Waals surface area contributed by atoms with E-state index in [1.165, 1.54) is 59.0 Å². The van der Waals surface area contributed by atoms with Crippen LogP contribution in [0.4, 0.5) is 29.3 Å². The van der Waals surface area contributed by atoms with Crippen LogP contribution >= 0.6 is 11.8 Å². The quantitative estimate of drug-likeness (QED) is 0.263. The Bertz CT molecular complexity index is 1660. The lowest BCUT2D eigenvalue weighted by atomic mass is 10.1. The number of nitrogens with zero attached hydrogens (tertiary/aromatic N) is 5. The van der Waals surface area contributed by atoms with Crippen LogP contribution in [0.2, 0.25) is 0 Å². The van der Waals surface area contributed by atoms with E-state index in [-0.39, 0.29) is 22.6 Å². The first-order valence-corrected chi connectivity index (χ1v) is 13.9. The van der Waals surface area contributed by atoms with E-state index in [0.29, 0.717) is 41.5 Å².